The van der Waals surface area contributed by atoms with Crippen LogP contribution in [0.2, 0.25) is 0 Å². The second-order valence-corrected chi connectivity index (χ2v) is 5.31. The van der Waals surface area contributed by atoms with Gasteiger partial charge >= 0.3 is 0 Å². The van der Waals surface area contributed by atoms with Gasteiger partial charge < -0.3 is 10.6 Å². The molecule has 0 spiro atoms. The largest absolute Gasteiger partial charge is 0.351 e. The number of rotatable bonds is 5. The van der Waals surface area contributed by atoms with Crippen LogP contribution in [0.15, 0.2) is 35.9 Å². The molecule has 0 aliphatic heterocycles. The van der Waals surface area contributed by atoms with Crippen LogP contribution in [0.4, 0.5) is 5.69 Å². The van der Waals surface area contributed by atoms with Crippen LogP contribution < -0.4 is 10.6 Å². The molecule has 114 valence electrons. The minimum Gasteiger partial charge on any atom is -0.351 e. The molecule has 0 atom stereocenters. The fraction of sp³-hybridized carbons (Fsp3) is 0.353. The lowest BCUT2D eigenvalue weighted by Gasteiger charge is -2.06. The van der Waals surface area contributed by atoms with Crippen LogP contribution in [0.5, 0.6) is 0 Å². The van der Waals surface area contributed by atoms with E-state index in [9.17, 15) is 9.59 Å². The minimum absolute atomic E-state index is 0.0908. The molecule has 0 unspecified atom stereocenters. The van der Waals surface area contributed by atoms with E-state index in [0.29, 0.717) is 6.54 Å². The maximum Gasteiger partial charge on any atom is 0.248 e. The molecule has 1 aromatic rings. The molecule has 2 amide bonds. The zero-order valence-corrected chi connectivity index (χ0v) is 12.4. The van der Waals surface area contributed by atoms with Gasteiger partial charge in [0, 0.05) is 18.3 Å². The summed E-state index contributed by atoms with van der Waals surface area (Å²) in [6.07, 6.45) is 5.95. The van der Waals surface area contributed by atoms with Crippen molar-refractivity contribution in [1.29, 1.82) is 5.26 Å². The molecule has 5 heteroatoms. The highest BCUT2D eigenvalue weighted by Crippen LogP contribution is 2.23. The summed E-state index contributed by atoms with van der Waals surface area (Å²) in [5.41, 5.74) is 2.86. The third-order valence-corrected chi connectivity index (χ3v) is 3.53. The zero-order valence-electron chi connectivity index (χ0n) is 12.4. The molecule has 2 N–H and O–H groups in total. The van der Waals surface area contributed by atoms with E-state index < -0.39 is 0 Å². The number of nitriles is 1. The molecule has 0 saturated heterocycles. The lowest BCUT2D eigenvalue weighted by molar-refractivity contribution is -0.120. The van der Waals surface area contributed by atoms with Crippen LogP contribution in [0.25, 0.3) is 0 Å². The summed E-state index contributed by atoms with van der Waals surface area (Å²) in [4.78, 5) is 23.1. The van der Waals surface area contributed by atoms with Crippen molar-refractivity contribution in [2.24, 2.45) is 0 Å². The first kappa shape index (κ1) is 15.8. The van der Waals surface area contributed by atoms with Crippen molar-refractivity contribution in [2.75, 3.05) is 5.32 Å². The molecule has 22 heavy (non-hydrogen) atoms. The van der Waals surface area contributed by atoms with E-state index in [1.54, 1.807) is 24.3 Å². The van der Waals surface area contributed by atoms with Crippen molar-refractivity contribution in [2.45, 2.75) is 38.6 Å². The molecule has 0 aromatic heterocycles. The second-order valence-electron chi connectivity index (χ2n) is 5.31. The maximum absolute atomic E-state index is 11.9. The van der Waals surface area contributed by atoms with E-state index in [0.717, 1.165) is 24.1 Å². The Kier molecular flexibility index (Phi) is 5.73. The standard InChI is InChI=1S/C17H19N3O2/c18-10-9-16(21)19-12-14-5-7-15(8-6-14)20-17(22)11-13-3-1-2-4-13/h5-8,11H,1-4,9,12H2,(H,19,21)(H,20,22). The molecule has 1 aromatic carbocycles. The van der Waals surface area contributed by atoms with Crippen LogP contribution >= 0.6 is 0 Å². The summed E-state index contributed by atoms with van der Waals surface area (Å²) in [6, 6.07) is 9.08. The predicted molar refractivity (Wildman–Crippen MR) is 83.7 cm³/mol. The monoisotopic (exact) mass is 297 g/mol. The van der Waals surface area contributed by atoms with Gasteiger partial charge in [0.1, 0.15) is 6.42 Å². The van der Waals surface area contributed by atoms with Crippen molar-refractivity contribution in [3.8, 4) is 6.07 Å². The smallest absolute Gasteiger partial charge is 0.248 e. The summed E-state index contributed by atoms with van der Waals surface area (Å²) < 4.78 is 0. The Hall–Kier alpha value is -2.61. The van der Waals surface area contributed by atoms with Gasteiger partial charge in [-0.3, -0.25) is 9.59 Å². The summed E-state index contributed by atoms with van der Waals surface area (Å²) in [5, 5.41) is 13.9. The van der Waals surface area contributed by atoms with Crippen LogP contribution in [0.1, 0.15) is 37.7 Å². The first-order valence-corrected chi connectivity index (χ1v) is 7.40. The Morgan fingerprint density at radius 1 is 1.18 bits per heavy atom. The van der Waals surface area contributed by atoms with Crippen molar-refractivity contribution < 1.29 is 9.59 Å². The average molecular weight is 297 g/mol. The Morgan fingerprint density at radius 2 is 1.86 bits per heavy atom. The van der Waals surface area contributed by atoms with E-state index in [1.165, 1.54) is 18.4 Å². The fourth-order valence-electron chi connectivity index (χ4n) is 2.38. The maximum atomic E-state index is 11.9. The molecule has 1 saturated carbocycles. The highest BCUT2D eigenvalue weighted by molar-refractivity contribution is 5.99. The number of anilines is 1. The molecular formula is C17H19N3O2. The van der Waals surface area contributed by atoms with Gasteiger partial charge in [-0.15, -0.1) is 0 Å². The van der Waals surface area contributed by atoms with Gasteiger partial charge in [-0.1, -0.05) is 17.7 Å². The predicted octanol–water partition coefficient (Wildman–Crippen LogP) is 2.66. The minimum atomic E-state index is -0.289. The van der Waals surface area contributed by atoms with Crippen LogP contribution in [-0.4, -0.2) is 11.8 Å². The molecule has 1 aliphatic rings. The highest BCUT2D eigenvalue weighted by Gasteiger charge is 2.08. The van der Waals surface area contributed by atoms with Gasteiger partial charge in [-0.25, -0.2) is 0 Å². The zero-order chi connectivity index (χ0) is 15.8. The van der Waals surface area contributed by atoms with Crippen molar-refractivity contribution in [3.05, 3.63) is 41.5 Å². The molecule has 0 radical (unpaired) electrons. The third kappa shape index (κ3) is 5.06. The number of nitrogens with zero attached hydrogens (tertiary/aromatic N) is 1. The first-order chi connectivity index (χ1) is 10.7. The van der Waals surface area contributed by atoms with Gasteiger partial charge in [-0.2, -0.15) is 5.26 Å². The SMILES string of the molecule is N#CCC(=O)NCc1ccc(NC(=O)C=C2CCCC2)cc1. The van der Waals surface area contributed by atoms with E-state index in [2.05, 4.69) is 10.6 Å². The molecule has 5 nitrogen and oxygen atoms in total. The topological polar surface area (TPSA) is 82.0 Å². The number of amides is 2. The summed E-state index contributed by atoms with van der Waals surface area (Å²) in [7, 11) is 0. The number of carbonyl (C=O) groups excluding carboxylic acids is 2. The summed E-state index contributed by atoms with van der Waals surface area (Å²) in [5.74, 6) is -0.380. The van der Waals surface area contributed by atoms with Crippen LogP contribution in [-0.2, 0) is 16.1 Å². The van der Waals surface area contributed by atoms with Crippen LogP contribution in [0, 0.1) is 11.3 Å². The molecule has 0 bridgehead atoms. The molecule has 1 fully saturated rings. The van der Waals surface area contributed by atoms with Gasteiger partial charge in [0.25, 0.3) is 0 Å². The summed E-state index contributed by atoms with van der Waals surface area (Å²) in [6.45, 7) is 0.374. The average Bonchev–Trinajstić information content (AvgIpc) is 2.99. The third-order valence-electron chi connectivity index (χ3n) is 3.53. The van der Waals surface area contributed by atoms with E-state index in [1.807, 2.05) is 12.1 Å². The number of hydrogen-bond acceptors (Lipinski definition) is 3. The second kappa shape index (κ2) is 7.99. The molecular weight excluding hydrogens is 278 g/mol. The number of benzene rings is 1. The van der Waals surface area contributed by atoms with Crippen molar-refractivity contribution >= 4 is 17.5 Å². The van der Waals surface area contributed by atoms with Gasteiger partial charge in [-0.05, 0) is 43.4 Å². The molecule has 1 aliphatic carbocycles. The highest BCUT2D eigenvalue weighted by atomic mass is 16.2. The van der Waals surface area contributed by atoms with E-state index in [-0.39, 0.29) is 18.2 Å². The molecule has 0 heterocycles. The van der Waals surface area contributed by atoms with E-state index in [4.69, 9.17) is 5.26 Å². The van der Waals surface area contributed by atoms with Crippen molar-refractivity contribution in [1.82, 2.24) is 5.32 Å². The Bertz CT molecular complexity index is 604. The Labute approximate surface area is 130 Å². The number of nitrogens with one attached hydrogen (secondary N) is 2. The molecule has 2 rings (SSSR count). The van der Waals surface area contributed by atoms with Gasteiger partial charge in [0.2, 0.25) is 11.8 Å². The Morgan fingerprint density at radius 3 is 2.50 bits per heavy atom. The number of carbonyl (C=O) groups is 2. The lowest BCUT2D eigenvalue weighted by Crippen LogP contribution is -2.21. The fourth-order valence-corrected chi connectivity index (χ4v) is 2.38. The van der Waals surface area contributed by atoms with Crippen molar-refractivity contribution in [3.63, 3.8) is 0 Å². The van der Waals surface area contributed by atoms with Gasteiger partial charge in [0.05, 0.1) is 6.07 Å². The summed E-state index contributed by atoms with van der Waals surface area (Å²) >= 11 is 0. The quantitative estimate of drug-likeness (QED) is 0.820. The lowest BCUT2D eigenvalue weighted by atomic mass is 10.2. The van der Waals surface area contributed by atoms with Gasteiger partial charge in [0.15, 0.2) is 0 Å². The van der Waals surface area contributed by atoms with E-state index >= 15 is 0 Å². The number of hydrogen-bond donors (Lipinski definition) is 2. The first-order valence-electron chi connectivity index (χ1n) is 7.40. The van der Waals surface area contributed by atoms with Crippen LogP contribution in [0.3, 0.4) is 0 Å². The normalized spacial score (nSPS) is 13.3. The number of allylic oxidation sites excluding steroid dienone is 1. The Balaban J connectivity index is 1.83.